The fourth-order valence-electron chi connectivity index (χ4n) is 2.29. The maximum Gasteiger partial charge on any atom is 0.155 e. The Morgan fingerprint density at radius 2 is 2.00 bits per heavy atom. The predicted octanol–water partition coefficient (Wildman–Crippen LogP) is 2.25. The maximum absolute atomic E-state index is 13.5. The molecule has 0 aliphatic carbocycles. The Morgan fingerprint density at radius 1 is 1.35 bits per heavy atom. The van der Waals surface area contributed by atoms with Crippen molar-refractivity contribution in [3.8, 4) is 0 Å². The molecule has 2 atom stereocenters. The number of hydrogen-bond donors (Lipinski definition) is 0. The van der Waals surface area contributed by atoms with Gasteiger partial charge in [0.15, 0.2) is 6.29 Å². The van der Waals surface area contributed by atoms with Crippen LogP contribution in [0.3, 0.4) is 0 Å². The zero-order valence-electron chi connectivity index (χ0n) is 10.0. The molecule has 0 amide bonds. The average Bonchev–Trinajstić information content (AvgIpc) is 2.27. The molecule has 1 aliphatic rings. The molecule has 1 fully saturated rings. The summed E-state index contributed by atoms with van der Waals surface area (Å²) in [5, 5.41) is 0. The molecule has 0 N–H and O–H groups in total. The summed E-state index contributed by atoms with van der Waals surface area (Å²) >= 11 is 0. The molecule has 17 heavy (non-hydrogen) atoms. The number of hydrogen-bond acceptors (Lipinski definition) is 3. The van der Waals surface area contributed by atoms with Crippen LogP contribution in [0.5, 0.6) is 0 Å². The number of aldehydes is 1. The number of rotatable bonds is 2. The molecule has 2 unspecified atom stereocenters. The van der Waals surface area contributed by atoms with E-state index in [0.29, 0.717) is 25.1 Å². The van der Waals surface area contributed by atoms with E-state index >= 15 is 0 Å². The molecule has 3 nitrogen and oxygen atoms in total. The van der Waals surface area contributed by atoms with E-state index in [1.54, 1.807) is 12.1 Å². The molecule has 1 heterocycles. The van der Waals surface area contributed by atoms with E-state index in [1.165, 1.54) is 6.07 Å². The summed E-state index contributed by atoms with van der Waals surface area (Å²) in [5.74, 6) is -0.468. The number of carbonyl (C=O) groups excluding carboxylic acids is 1. The standard InChI is InChI=1S/C13H16FNO2/c1-9-6-15(7-10(2)17-9)13-5-3-4-12(14)11(13)8-16/h3-5,8-10H,6-7H2,1-2H3. The number of carbonyl (C=O) groups is 1. The summed E-state index contributed by atoms with van der Waals surface area (Å²) in [4.78, 5) is 13.0. The van der Waals surface area contributed by atoms with Gasteiger partial charge in [-0.15, -0.1) is 0 Å². The van der Waals surface area contributed by atoms with Gasteiger partial charge in [-0.25, -0.2) is 4.39 Å². The van der Waals surface area contributed by atoms with Crippen molar-refractivity contribution < 1.29 is 13.9 Å². The highest BCUT2D eigenvalue weighted by Gasteiger charge is 2.24. The van der Waals surface area contributed by atoms with E-state index in [1.807, 2.05) is 18.7 Å². The minimum absolute atomic E-state index is 0.0847. The molecule has 0 bridgehead atoms. The molecule has 2 rings (SSSR count). The number of ether oxygens (including phenoxy) is 1. The van der Waals surface area contributed by atoms with Crippen LogP contribution in [0.15, 0.2) is 18.2 Å². The highest BCUT2D eigenvalue weighted by Crippen LogP contribution is 2.25. The third kappa shape index (κ3) is 2.47. The van der Waals surface area contributed by atoms with E-state index in [2.05, 4.69) is 0 Å². The Kier molecular flexibility index (Phi) is 3.43. The summed E-state index contributed by atoms with van der Waals surface area (Å²) in [6, 6.07) is 4.71. The molecule has 92 valence electrons. The van der Waals surface area contributed by atoms with Gasteiger partial charge >= 0.3 is 0 Å². The quantitative estimate of drug-likeness (QED) is 0.739. The van der Waals surface area contributed by atoms with Crippen LogP contribution in [0.2, 0.25) is 0 Å². The zero-order chi connectivity index (χ0) is 12.4. The topological polar surface area (TPSA) is 29.5 Å². The number of morpholine rings is 1. The summed E-state index contributed by atoms with van der Waals surface area (Å²) in [6.45, 7) is 5.30. The lowest BCUT2D eigenvalue weighted by atomic mass is 10.1. The minimum Gasteiger partial charge on any atom is -0.372 e. The van der Waals surface area contributed by atoms with Crippen molar-refractivity contribution in [3.05, 3.63) is 29.6 Å². The fourth-order valence-corrected chi connectivity index (χ4v) is 2.29. The van der Waals surface area contributed by atoms with Gasteiger partial charge in [0.2, 0.25) is 0 Å². The van der Waals surface area contributed by atoms with Crippen LogP contribution in [-0.2, 0) is 4.74 Å². The maximum atomic E-state index is 13.5. The smallest absolute Gasteiger partial charge is 0.155 e. The first-order valence-corrected chi connectivity index (χ1v) is 5.76. The van der Waals surface area contributed by atoms with Crippen molar-refractivity contribution in [3.63, 3.8) is 0 Å². The van der Waals surface area contributed by atoms with Crippen LogP contribution in [0, 0.1) is 5.82 Å². The first-order valence-electron chi connectivity index (χ1n) is 5.76. The molecule has 1 aliphatic heterocycles. The Bertz CT molecular complexity index is 412. The first kappa shape index (κ1) is 12.0. The van der Waals surface area contributed by atoms with Gasteiger partial charge in [0.1, 0.15) is 5.82 Å². The summed E-state index contributed by atoms with van der Waals surface area (Å²) < 4.78 is 19.1. The third-order valence-electron chi connectivity index (χ3n) is 2.91. The Labute approximate surface area is 100 Å². The number of benzene rings is 1. The van der Waals surface area contributed by atoms with Crippen LogP contribution < -0.4 is 4.90 Å². The lowest BCUT2D eigenvalue weighted by Gasteiger charge is -2.37. The van der Waals surface area contributed by atoms with E-state index < -0.39 is 5.82 Å². The van der Waals surface area contributed by atoms with Crippen LogP contribution >= 0.6 is 0 Å². The number of nitrogens with zero attached hydrogens (tertiary/aromatic N) is 1. The van der Waals surface area contributed by atoms with Gasteiger partial charge in [-0.2, -0.15) is 0 Å². The van der Waals surface area contributed by atoms with Gasteiger partial charge in [-0.3, -0.25) is 4.79 Å². The summed E-state index contributed by atoms with van der Waals surface area (Å²) in [5.41, 5.74) is 0.788. The molecule has 0 aromatic heterocycles. The molecule has 1 aromatic rings. The Hall–Kier alpha value is -1.42. The van der Waals surface area contributed by atoms with Gasteiger partial charge < -0.3 is 9.64 Å². The lowest BCUT2D eigenvalue weighted by Crippen LogP contribution is -2.45. The van der Waals surface area contributed by atoms with Gasteiger partial charge in [0, 0.05) is 13.1 Å². The molecule has 1 aromatic carbocycles. The van der Waals surface area contributed by atoms with Crippen molar-refractivity contribution in [2.45, 2.75) is 26.1 Å². The summed E-state index contributed by atoms with van der Waals surface area (Å²) in [7, 11) is 0. The van der Waals surface area contributed by atoms with E-state index in [4.69, 9.17) is 4.74 Å². The van der Waals surface area contributed by atoms with Gasteiger partial charge in [-0.05, 0) is 26.0 Å². The second-order valence-corrected chi connectivity index (χ2v) is 4.45. The lowest BCUT2D eigenvalue weighted by molar-refractivity contribution is -0.00527. The average molecular weight is 237 g/mol. The predicted molar refractivity (Wildman–Crippen MR) is 64.0 cm³/mol. The monoisotopic (exact) mass is 237 g/mol. The highest BCUT2D eigenvalue weighted by molar-refractivity contribution is 5.85. The second-order valence-electron chi connectivity index (χ2n) is 4.45. The van der Waals surface area contributed by atoms with Gasteiger partial charge in [-0.1, -0.05) is 6.07 Å². The first-order chi connectivity index (χ1) is 8.11. The van der Waals surface area contributed by atoms with Crippen LogP contribution in [0.25, 0.3) is 0 Å². The molecule has 0 radical (unpaired) electrons. The largest absolute Gasteiger partial charge is 0.372 e. The third-order valence-corrected chi connectivity index (χ3v) is 2.91. The molecular formula is C13H16FNO2. The molecule has 0 spiro atoms. The van der Waals surface area contributed by atoms with Gasteiger partial charge in [0.05, 0.1) is 23.5 Å². The summed E-state index contributed by atoms with van der Waals surface area (Å²) in [6.07, 6.45) is 0.748. The molecule has 4 heteroatoms. The van der Waals surface area contributed by atoms with Crippen LogP contribution in [0.4, 0.5) is 10.1 Å². The van der Waals surface area contributed by atoms with Crippen molar-refractivity contribution in [2.75, 3.05) is 18.0 Å². The molecular weight excluding hydrogens is 221 g/mol. The fraction of sp³-hybridized carbons (Fsp3) is 0.462. The highest BCUT2D eigenvalue weighted by atomic mass is 19.1. The Balaban J connectivity index is 2.33. The van der Waals surface area contributed by atoms with E-state index in [9.17, 15) is 9.18 Å². The molecule has 0 saturated carbocycles. The van der Waals surface area contributed by atoms with Crippen LogP contribution in [0.1, 0.15) is 24.2 Å². The second kappa shape index (κ2) is 4.84. The SMILES string of the molecule is CC1CN(c2cccc(F)c2C=O)CC(C)O1. The van der Waals surface area contributed by atoms with Crippen molar-refractivity contribution in [1.82, 2.24) is 0 Å². The van der Waals surface area contributed by atoms with E-state index in [0.717, 1.165) is 0 Å². The zero-order valence-corrected chi connectivity index (χ0v) is 10.0. The number of halogens is 1. The normalized spacial score (nSPS) is 24.8. The van der Waals surface area contributed by atoms with Crippen molar-refractivity contribution in [2.24, 2.45) is 0 Å². The van der Waals surface area contributed by atoms with Crippen molar-refractivity contribution in [1.29, 1.82) is 0 Å². The number of anilines is 1. The Morgan fingerprint density at radius 3 is 2.59 bits per heavy atom. The van der Waals surface area contributed by atoms with Gasteiger partial charge in [0.25, 0.3) is 0 Å². The van der Waals surface area contributed by atoms with Crippen molar-refractivity contribution >= 4 is 12.0 Å². The molecule has 1 saturated heterocycles. The van der Waals surface area contributed by atoms with Crippen LogP contribution in [-0.4, -0.2) is 31.6 Å². The minimum atomic E-state index is -0.468. The van der Waals surface area contributed by atoms with E-state index in [-0.39, 0.29) is 17.8 Å².